The number of halogens is 4. The van der Waals surface area contributed by atoms with E-state index in [0.29, 0.717) is 0 Å². The van der Waals surface area contributed by atoms with Crippen LogP contribution in [0.25, 0.3) is 0 Å². The number of aromatic nitrogens is 2. The van der Waals surface area contributed by atoms with Gasteiger partial charge >= 0.3 is 6.18 Å². The molecule has 0 aromatic carbocycles. The molecule has 2 atom stereocenters. The minimum atomic E-state index is -4.52. The van der Waals surface area contributed by atoms with E-state index in [9.17, 15) is 18.0 Å². The van der Waals surface area contributed by atoms with Gasteiger partial charge in [-0.05, 0) is 11.4 Å². The lowest BCUT2D eigenvalue weighted by Crippen LogP contribution is -2.35. The van der Waals surface area contributed by atoms with Crippen molar-refractivity contribution in [1.29, 1.82) is 0 Å². The molecular formula is C15H16ClF3N4O2S. The molecule has 3 heterocycles. The zero-order valence-electron chi connectivity index (χ0n) is 13.6. The van der Waals surface area contributed by atoms with Gasteiger partial charge in [-0.25, -0.2) is 4.68 Å². The third kappa shape index (κ3) is 3.67. The smallest absolute Gasteiger partial charge is 0.383 e. The fraction of sp³-hybridized carbons (Fsp3) is 0.467. The lowest BCUT2D eigenvalue weighted by Gasteiger charge is -2.32. The second kappa shape index (κ2) is 7.45. The van der Waals surface area contributed by atoms with Crippen LogP contribution in [0, 0.1) is 0 Å². The molecule has 26 heavy (non-hydrogen) atoms. The topological polar surface area (TPSA) is 68.2 Å². The van der Waals surface area contributed by atoms with Gasteiger partial charge in [-0.15, -0.1) is 11.3 Å². The van der Waals surface area contributed by atoms with Crippen LogP contribution in [0.4, 0.5) is 19.0 Å². The molecule has 142 valence electrons. The van der Waals surface area contributed by atoms with Crippen LogP contribution in [0.15, 0.2) is 17.5 Å². The number of thiophene rings is 1. The molecule has 1 amide bonds. The van der Waals surface area contributed by atoms with E-state index < -0.39 is 24.2 Å². The Morgan fingerprint density at radius 1 is 1.58 bits per heavy atom. The summed E-state index contributed by atoms with van der Waals surface area (Å²) in [7, 11) is 1.47. The van der Waals surface area contributed by atoms with Gasteiger partial charge in [-0.1, -0.05) is 17.7 Å². The minimum absolute atomic E-state index is 0.00414. The number of carbonyl (C=O) groups excluding carboxylic acids is 1. The van der Waals surface area contributed by atoms with Crippen LogP contribution in [0.3, 0.4) is 0 Å². The summed E-state index contributed by atoms with van der Waals surface area (Å²) < 4.78 is 46.3. The first-order valence-corrected chi connectivity index (χ1v) is 9.00. The van der Waals surface area contributed by atoms with Crippen molar-refractivity contribution in [2.24, 2.45) is 0 Å². The summed E-state index contributed by atoms with van der Waals surface area (Å²) in [4.78, 5) is 12.9. The average molecular weight is 409 g/mol. The lowest BCUT2D eigenvalue weighted by molar-refractivity contribution is -0.173. The molecule has 0 unspecified atom stereocenters. The standard InChI is InChI=1S/C15H16ClF3N4O2S/c1-25-5-4-20-14(24)12-11(16)13-21-8(9-3-2-6-26-9)7-10(15(17,18)19)23(13)22-12/h2-3,6,8,10,21H,4-5,7H2,1H3,(H,20,24)/t8-,10+/m1/s1. The average Bonchev–Trinajstić information content (AvgIpc) is 3.22. The van der Waals surface area contributed by atoms with Crippen molar-refractivity contribution in [2.75, 3.05) is 25.6 Å². The van der Waals surface area contributed by atoms with Crippen molar-refractivity contribution >= 4 is 34.7 Å². The molecule has 2 aromatic heterocycles. The van der Waals surface area contributed by atoms with Crippen molar-refractivity contribution in [3.05, 3.63) is 33.1 Å². The molecule has 0 spiro atoms. The Balaban J connectivity index is 1.95. The Kier molecular flexibility index (Phi) is 5.44. The predicted octanol–water partition coefficient (Wildman–Crippen LogP) is 3.63. The Labute approximate surface area is 156 Å². The van der Waals surface area contributed by atoms with Crippen LogP contribution in [0.1, 0.15) is 33.9 Å². The van der Waals surface area contributed by atoms with Gasteiger partial charge < -0.3 is 15.4 Å². The molecule has 11 heteroatoms. The molecular weight excluding hydrogens is 393 g/mol. The van der Waals surface area contributed by atoms with Gasteiger partial charge in [0, 0.05) is 25.0 Å². The fourth-order valence-electron chi connectivity index (χ4n) is 2.76. The van der Waals surface area contributed by atoms with Gasteiger partial charge in [0.05, 0.1) is 12.6 Å². The lowest BCUT2D eigenvalue weighted by atomic mass is 10.0. The maximum Gasteiger partial charge on any atom is 0.410 e. The normalized spacial score (nSPS) is 19.7. The van der Waals surface area contributed by atoms with Crippen LogP contribution in [-0.2, 0) is 4.74 Å². The van der Waals surface area contributed by atoms with E-state index in [4.69, 9.17) is 16.3 Å². The van der Waals surface area contributed by atoms with Crippen molar-refractivity contribution in [3.63, 3.8) is 0 Å². The number of carbonyl (C=O) groups is 1. The third-order valence-electron chi connectivity index (χ3n) is 3.99. The number of alkyl halides is 3. The van der Waals surface area contributed by atoms with Crippen LogP contribution >= 0.6 is 22.9 Å². The number of nitrogens with one attached hydrogen (secondary N) is 2. The molecule has 6 nitrogen and oxygen atoms in total. The highest BCUT2D eigenvalue weighted by Crippen LogP contribution is 2.46. The monoisotopic (exact) mass is 408 g/mol. The van der Waals surface area contributed by atoms with Crippen LogP contribution < -0.4 is 10.6 Å². The van der Waals surface area contributed by atoms with Crippen molar-refractivity contribution in [2.45, 2.75) is 24.7 Å². The molecule has 2 N–H and O–H groups in total. The number of amides is 1. The largest absolute Gasteiger partial charge is 0.410 e. The molecule has 1 aliphatic rings. The van der Waals surface area contributed by atoms with Crippen molar-refractivity contribution in [1.82, 2.24) is 15.1 Å². The summed E-state index contributed by atoms with van der Waals surface area (Å²) in [6.07, 6.45) is -4.76. The van der Waals surface area contributed by atoms with Crippen molar-refractivity contribution in [3.8, 4) is 0 Å². The number of hydrogen-bond donors (Lipinski definition) is 2. The number of methoxy groups -OCH3 is 1. The first kappa shape index (κ1) is 19.0. The molecule has 0 aliphatic carbocycles. The van der Waals surface area contributed by atoms with E-state index >= 15 is 0 Å². The summed E-state index contributed by atoms with van der Waals surface area (Å²) in [5, 5.41) is 11.0. The summed E-state index contributed by atoms with van der Waals surface area (Å²) in [6, 6.07) is 1.09. The maximum absolute atomic E-state index is 13.6. The highest BCUT2D eigenvalue weighted by Gasteiger charge is 2.48. The highest BCUT2D eigenvalue weighted by atomic mass is 35.5. The summed E-state index contributed by atoms with van der Waals surface area (Å²) >= 11 is 7.54. The van der Waals surface area contributed by atoms with E-state index in [1.165, 1.54) is 18.4 Å². The second-order valence-corrected chi connectivity index (χ2v) is 7.07. The molecule has 0 bridgehead atoms. The quantitative estimate of drug-likeness (QED) is 0.741. The number of nitrogens with zero attached hydrogens (tertiary/aromatic N) is 2. The Hall–Kier alpha value is -1.78. The van der Waals surface area contributed by atoms with Gasteiger partial charge in [0.2, 0.25) is 0 Å². The third-order valence-corrected chi connectivity index (χ3v) is 5.33. The SMILES string of the molecule is COCCNC(=O)c1nn2c(c1Cl)N[C@@H](c1cccs1)C[C@H]2C(F)(F)F. The van der Waals surface area contributed by atoms with E-state index in [1.807, 2.05) is 0 Å². The van der Waals surface area contributed by atoms with Gasteiger partial charge in [-0.2, -0.15) is 18.3 Å². The van der Waals surface area contributed by atoms with E-state index in [-0.39, 0.29) is 36.1 Å². The summed E-state index contributed by atoms with van der Waals surface area (Å²) in [6.45, 7) is 0.461. The van der Waals surface area contributed by atoms with Gasteiger partial charge in [0.25, 0.3) is 5.91 Å². The number of ether oxygens (including phenoxy) is 1. The molecule has 0 saturated heterocycles. The molecule has 1 aliphatic heterocycles. The Bertz CT molecular complexity index is 779. The summed E-state index contributed by atoms with van der Waals surface area (Å²) in [5.41, 5.74) is -0.244. The number of anilines is 1. The zero-order chi connectivity index (χ0) is 18.9. The van der Waals surface area contributed by atoms with Gasteiger partial charge in [-0.3, -0.25) is 4.79 Å². The molecule has 0 radical (unpaired) electrons. The number of fused-ring (bicyclic) bond motifs is 1. The second-order valence-electron chi connectivity index (χ2n) is 5.71. The maximum atomic E-state index is 13.6. The minimum Gasteiger partial charge on any atom is -0.383 e. The zero-order valence-corrected chi connectivity index (χ0v) is 15.2. The van der Waals surface area contributed by atoms with Crippen LogP contribution in [0.5, 0.6) is 0 Å². The highest BCUT2D eigenvalue weighted by molar-refractivity contribution is 7.10. The first-order valence-electron chi connectivity index (χ1n) is 7.74. The fourth-order valence-corrected chi connectivity index (χ4v) is 3.82. The Morgan fingerprint density at radius 3 is 2.96 bits per heavy atom. The van der Waals surface area contributed by atoms with Gasteiger partial charge in [0.15, 0.2) is 11.7 Å². The van der Waals surface area contributed by atoms with Crippen molar-refractivity contribution < 1.29 is 22.7 Å². The number of hydrogen-bond acceptors (Lipinski definition) is 5. The molecule has 0 saturated carbocycles. The van der Waals surface area contributed by atoms with E-state index in [0.717, 1.165) is 9.56 Å². The number of rotatable bonds is 5. The molecule has 0 fully saturated rings. The Morgan fingerprint density at radius 2 is 2.35 bits per heavy atom. The summed E-state index contributed by atoms with van der Waals surface area (Å²) in [5.74, 6) is -0.653. The van der Waals surface area contributed by atoms with E-state index in [1.54, 1.807) is 17.5 Å². The van der Waals surface area contributed by atoms with Crippen LogP contribution in [0.2, 0.25) is 5.02 Å². The van der Waals surface area contributed by atoms with Crippen LogP contribution in [-0.4, -0.2) is 42.1 Å². The van der Waals surface area contributed by atoms with Gasteiger partial charge in [0.1, 0.15) is 10.8 Å². The molecule has 2 aromatic rings. The first-order chi connectivity index (χ1) is 12.3. The molecule has 3 rings (SSSR count). The predicted molar refractivity (Wildman–Crippen MR) is 91.8 cm³/mol. The van der Waals surface area contributed by atoms with E-state index in [2.05, 4.69) is 15.7 Å².